The summed E-state index contributed by atoms with van der Waals surface area (Å²) >= 11 is 0. The van der Waals surface area contributed by atoms with Gasteiger partial charge in [0.05, 0.1) is 0 Å². The van der Waals surface area contributed by atoms with Crippen molar-refractivity contribution in [2.75, 3.05) is 13.1 Å². The maximum Gasteiger partial charge on any atom is 0.406 e. The van der Waals surface area contributed by atoms with E-state index in [-0.39, 0.29) is 13.0 Å². The van der Waals surface area contributed by atoms with Gasteiger partial charge in [-0.25, -0.2) is 0 Å². The minimum absolute atomic E-state index is 0.121. The molecule has 5 heteroatoms. The van der Waals surface area contributed by atoms with Gasteiger partial charge in [0.1, 0.15) is 6.54 Å². The van der Waals surface area contributed by atoms with Crippen molar-refractivity contribution >= 4 is 5.91 Å². The second kappa shape index (κ2) is 5.09. The number of alkyl halides is 3. The van der Waals surface area contributed by atoms with Gasteiger partial charge in [-0.3, -0.25) is 4.79 Å². The molecule has 0 N–H and O–H groups in total. The lowest BCUT2D eigenvalue weighted by Crippen LogP contribution is -2.39. The van der Waals surface area contributed by atoms with Crippen molar-refractivity contribution in [1.29, 1.82) is 0 Å². The van der Waals surface area contributed by atoms with E-state index >= 15 is 0 Å². The van der Waals surface area contributed by atoms with Crippen LogP contribution in [0.15, 0.2) is 0 Å². The molecule has 0 atom stereocenters. The van der Waals surface area contributed by atoms with Gasteiger partial charge < -0.3 is 4.90 Å². The summed E-state index contributed by atoms with van der Waals surface area (Å²) in [7, 11) is 0. The lowest BCUT2D eigenvalue weighted by molar-refractivity contribution is -0.161. The lowest BCUT2D eigenvalue weighted by atomic mass is 10.3. The van der Waals surface area contributed by atoms with E-state index in [2.05, 4.69) is 0 Å². The van der Waals surface area contributed by atoms with E-state index < -0.39 is 18.6 Å². The Morgan fingerprint density at radius 2 is 1.85 bits per heavy atom. The Morgan fingerprint density at radius 3 is 2.15 bits per heavy atom. The van der Waals surface area contributed by atoms with Crippen LogP contribution in [0.25, 0.3) is 0 Å². The smallest absolute Gasteiger partial charge is 0.334 e. The number of hydrogen-bond acceptors (Lipinski definition) is 1. The van der Waals surface area contributed by atoms with Crippen LogP contribution in [0.2, 0.25) is 0 Å². The highest BCUT2D eigenvalue weighted by molar-refractivity contribution is 5.75. The Morgan fingerprint density at radius 1 is 1.31 bits per heavy atom. The van der Waals surface area contributed by atoms with Crippen molar-refractivity contribution in [2.45, 2.75) is 32.9 Å². The quantitative estimate of drug-likeness (QED) is 0.676. The van der Waals surface area contributed by atoms with Gasteiger partial charge in [0.25, 0.3) is 0 Å². The Bertz CT molecular complexity index is 167. The molecule has 0 saturated carbocycles. The van der Waals surface area contributed by atoms with Crippen molar-refractivity contribution in [3.63, 3.8) is 0 Å². The summed E-state index contributed by atoms with van der Waals surface area (Å²) in [4.78, 5) is 11.9. The Balaban J connectivity index is 4.17. The Hall–Kier alpha value is -0.740. The van der Waals surface area contributed by atoms with Gasteiger partial charge in [-0.2, -0.15) is 13.2 Å². The van der Waals surface area contributed by atoms with E-state index in [1.54, 1.807) is 13.8 Å². The van der Waals surface area contributed by atoms with E-state index in [1.165, 1.54) is 0 Å². The van der Waals surface area contributed by atoms with Crippen LogP contribution in [0.4, 0.5) is 13.2 Å². The van der Waals surface area contributed by atoms with Crippen molar-refractivity contribution in [3.05, 3.63) is 0 Å². The molecule has 0 bridgehead atoms. The topological polar surface area (TPSA) is 20.3 Å². The molecule has 0 rings (SSSR count). The number of nitrogens with zero attached hydrogens (tertiary/aromatic N) is 1. The number of hydrogen-bond donors (Lipinski definition) is 0. The second-order valence-corrected chi connectivity index (χ2v) is 2.78. The summed E-state index contributed by atoms with van der Waals surface area (Å²) in [5, 5.41) is 0. The normalized spacial score (nSPS) is 11.5. The van der Waals surface area contributed by atoms with Gasteiger partial charge >= 0.3 is 6.18 Å². The van der Waals surface area contributed by atoms with Crippen LogP contribution in [0, 0.1) is 0 Å². The zero-order valence-corrected chi connectivity index (χ0v) is 7.82. The van der Waals surface area contributed by atoms with Crippen LogP contribution in [0.1, 0.15) is 26.7 Å². The van der Waals surface area contributed by atoms with Gasteiger partial charge in [-0.05, 0) is 6.42 Å². The first kappa shape index (κ1) is 12.3. The van der Waals surface area contributed by atoms with Crippen LogP contribution in [0.3, 0.4) is 0 Å². The van der Waals surface area contributed by atoms with Crippen molar-refractivity contribution in [1.82, 2.24) is 4.90 Å². The molecule has 0 radical (unpaired) electrons. The molecular weight excluding hydrogens is 183 g/mol. The fraction of sp³-hybridized carbons (Fsp3) is 0.875. The molecule has 0 aliphatic carbocycles. The monoisotopic (exact) mass is 197 g/mol. The molecule has 0 aliphatic rings. The van der Waals surface area contributed by atoms with Crippen LogP contribution in [0.5, 0.6) is 0 Å². The van der Waals surface area contributed by atoms with E-state index in [0.29, 0.717) is 6.42 Å². The van der Waals surface area contributed by atoms with Gasteiger partial charge in [0.15, 0.2) is 0 Å². The summed E-state index contributed by atoms with van der Waals surface area (Å²) in [5.74, 6) is -0.445. The molecule has 0 saturated heterocycles. The molecule has 0 aromatic carbocycles. The van der Waals surface area contributed by atoms with Crippen molar-refractivity contribution in [2.24, 2.45) is 0 Å². The molecular formula is C8H14F3NO. The molecule has 78 valence electrons. The maximum absolute atomic E-state index is 11.9. The number of carbonyl (C=O) groups excluding carboxylic acids is 1. The minimum atomic E-state index is -4.29. The van der Waals surface area contributed by atoms with Gasteiger partial charge in [0.2, 0.25) is 5.91 Å². The lowest BCUT2D eigenvalue weighted by Gasteiger charge is -2.22. The molecule has 1 amide bonds. The Labute approximate surface area is 75.7 Å². The van der Waals surface area contributed by atoms with E-state index in [9.17, 15) is 18.0 Å². The number of halogens is 3. The second-order valence-electron chi connectivity index (χ2n) is 2.78. The molecule has 0 aromatic heterocycles. The first-order chi connectivity index (χ1) is 5.90. The number of rotatable bonds is 4. The summed E-state index contributed by atoms with van der Waals surface area (Å²) in [6, 6.07) is 0. The summed E-state index contributed by atoms with van der Waals surface area (Å²) in [5.41, 5.74) is 0. The van der Waals surface area contributed by atoms with Gasteiger partial charge in [-0.15, -0.1) is 0 Å². The standard InChI is InChI=1S/C8H14F3NO/c1-3-5-12(7(13)4-2)6-8(9,10)11/h3-6H2,1-2H3. The van der Waals surface area contributed by atoms with E-state index in [4.69, 9.17) is 0 Å². The fourth-order valence-electron chi connectivity index (χ4n) is 1.00. The summed E-state index contributed by atoms with van der Waals surface area (Å²) < 4.78 is 35.8. The highest BCUT2D eigenvalue weighted by Crippen LogP contribution is 2.17. The van der Waals surface area contributed by atoms with Gasteiger partial charge in [0, 0.05) is 13.0 Å². The average molecular weight is 197 g/mol. The Kier molecular flexibility index (Phi) is 4.80. The fourth-order valence-corrected chi connectivity index (χ4v) is 1.00. The van der Waals surface area contributed by atoms with E-state index in [1.807, 2.05) is 0 Å². The van der Waals surface area contributed by atoms with Crippen LogP contribution < -0.4 is 0 Å². The third-order valence-corrected chi connectivity index (χ3v) is 1.52. The first-order valence-electron chi connectivity index (χ1n) is 4.25. The van der Waals surface area contributed by atoms with E-state index in [0.717, 1.165) is 4.90 Å². The van der Waals surface area contributed by atoms with Crippen molar-refractivity contribution < 1.29 is 18.0 Å². The molecule has 0 spiro atoms. The minimum Gasteiger partial charge on any atom is -0.334 e. The SMILES string of the molecule is CCCN(CC(F)(F)F)C(=O)CC. The zero-order valence-electron chi connectivity index (χ0n) is 7.82. The third kappa shape index (κ3) is 5.49. The van der Waals surface area contributed by atoms with Crippen LogP contribution in [-0.2, 0) is 4.79 Å². The predicted molar refractivity (Wildman–Crippen MR) is 43.2 cm³/mol. The molecule has 13 heavy (non-hydrogen) atoms. The molecule has 0 heterocycles. The largest absolute Gasteiger partial charge is 0.406 e. The zero-order chi connectivity index (χ0) is 10.5. The predicted octanol–water partition coefficient (Wildman–Crippen LogP) is 2.20. The van der Waals surface area contributed by atoms with Crippen molar-refractivity contribution in [3.8, 4) is 0 Å². The molecule has 0 aliphatic heterocycles. The average Bonchev–Trinajstić information content (AvgIpc) is 2.00. The van der Waals surface area contributed by atoms with Crippen LogP contribution >= 0.6 is 0 Å². The summed E-state index contributed by atoms with van der Waals surface area (Å²) in [6.45, 7) is 2.34. The molecule has 0 aromatic rings. The van der Waals surface area contributed by atoms with Gasteiger partial charge in [-0.1, -0.05) is 13.8 Å². The molecule has 0 fully saturated rings. The highest BCUT2D eigenvalue weighted by Gasteiger charge is 2.31. The summed E-state index contributed by atoms with van der Waals surface area (Å²) in [6.07, 6.45) is -3.63. The molecule has 0 unspecified atom stereocenters. The number of carbonyl (C=O) groups is 1. The number of amides is 1. The third-order valence-electron chi connectivity index (χ3n) is 1.52. The first-order valence-corrected chi connectivity index (χ1v) is 4.25. The molecule has 2 nitrogen and oxygen atoms in total. The highest BCUT2D eigenvalue weighted by atomic mass is 19.4. The van der Waals surface area contributed by atoms with Crippen LogP contribution in [-0.4, -0.2) is 30.1 Å². The maximum atomic E-state index is 11.9.